The van der Waals surface area contributed by atoms with Crippen molar-refractivity contribution in [2.24, 2.45) is 5.92 Å². The number of carbonyl (C=O) groups excluding carboxylic acids is 2. The van der Waals surface area contributed by atoms with Gasteiger partial charge < -0.3 is 29.2 Å². The van der Waals surface area contributed by atoms with Crippen LogP contribution >= 0.6 is 0 Å². The molecule has 27 heavy (non-hydrogen) atoms. The molecular weight excluding hydrogens is 352 g/mol. The summed E-state index contributed by atoms with van der Waals surface area (Å²) < 4.78 is 20.7. The van der Waals surface area contributed by atoms with E-state index in [1.54, 1.807) is 44.4 Å². The van der Waals surface area contributed by atoms with Gasteiger partial charge in [-0.05, 0) is 18.6 Å². The summed E-state index contributed by atoms with van der Waals surface area (Å²) in [6.45, 7) is 2.53. The van der Waals surface area contributed by atoms with Gasteiger partial charge in [0.25, 0.3) is 0 Å². The van der Waals surface area contributed by atoms with Crippen LogP contribution in [0.1, 0.15) is 12.8 Å². The van der Waals surface area contributed by atoms with Crippen LogP contribution in [-0.2, 0) is 19.1 Å². The number of carbonyl (C=O) groups is 2. The molecule has 1 aromatic rings. The fraction of sp³-hybridized carbons (Fsp3) is 0.579. The quantitative estimate of drug-likeness (QED) is 0.581. The average molecular weight is 380 g/mol. The van der Waals surface area contributed by atoms with Crippen molar-refractivity contribution in [1.82, 2.24) is 5.32 Å². The van der Waals surface area contributed by atoms with Crippen molar-refractivity contribution < 1.29 is 28.5 Å². The molecule has 1 N–H and O–H groups in total. The van der Waals surface area contributed by atoms with E-state index in [4.69, 9.17) is 18.9 Å². The van der Waals surface area contributed by atoms with Crippen LogP contribution in [0.4, 0.5) is 5.69 Å². The number of hydrogen-bond acceptors (Lipinski definition) is 6. The van der Waals surface area contributed by atoms with E-state index >= 15 is 0 Å². The molecule has 150 valence electrons. The molecule has 1 aromatic carbocycles. The molecule has 1 fully saturated rings. The number of methoxy groups -OCH3 is 3. The Kier molecular flexibility index (Phi) is 8.35. The van der Waals surface area contributed by atoms with E-state index in [0.717, 1.165) is 6.42 Å². The Hall–Kier alpha value is -2.32. The topological polar surface area (TPSA) is 86.3 Å². The van der Waals surface area contributed by atoms with Gasteiger partial charge >= 0.3 is 0 Å². The average Bonchev–Trinajstić information content (AvgIpc) is 3.08. The van der Waals surface area contributed by atoms with Crippen molar-refractivity contribution in [3.63, 3.8) is 0 Å². The SMILES string of the molecule is COCCOCCCNC(=O)C1CC(=O)N(c2ccc(OC)c(OC)c2)C1. The lowest BCUT2D eigenvalue weighted by Crippen LogP contribution is -2.33. The highest BCUT2D eigenvalue weighted by atomic mass is 16.5. The van der Waals surface area contributed by atoms with Gasteiger partial charge in [-0.15, -0.1) is 0 Å². The molecule has 2 rings (SSSR count). The minimum absolute atomic E-state index is 0.0785. The number of hydrogen-bond donors (Lipinski definition) is 1. The van der Waals surface area contributed by atoms with Crippen molar-refractivity contribution in [2.45, 2.75) is 12.8 Å². The standard InChI is InChI=1S/C19H28N2O6/c1-24-9-10-27-8-4-7-20-19(23)14-11-18(22)21(13-14)15-5-6-16(25-2)17(12-15)26-3/h5-6,12,14H,4,7-11,13H2,1-3H3,(H,20,23). The van der Waals surface area contributed by atoms with Gasteiger partial charge in [0, 0.05) is 45.0 Å². The van der Waals surface area contributed by atoms with Crippen LogP contribution < -0.4 is 19.7 Å². The highest BCUT2D eigenvalue weighted by molar-refractivity contribution is 6.00. The Balaban J connectivity index is 1.83. The molecule has 1 unspecified atom stereocenters. The number of amides is 2. The summed E-state index contributed by atoms with van der Waals surface area (Å²) in [5, 5.41) is 2.88. The van der Waals surface area contributed by atoms with Crippen molar-refractivity contribution in [3.8, 4) is 11.5 Å². The van der Waals surface area contributed by atoms with Crippen LogP contribution in [-0.4, -0.2) is 66.1 Å². The Morgan fingerprint density at radius 3 is 2.63 bits per heavy atom. The summed E-state index contributed by atoms with van der Waals surface area (Å²) in [5.41, 5.74) is 0.694. The number of anilines is 1. The number of rotatable bonds is 11. The number of benzene rings is 1. The summed E-state index contributed by atoms with van der Waals surface area (Å²) in [4.78, 5) is 26.3. The predicted octanol–water partition coefficient (Wildman–Crippen LogP) is 1.23. The van der Waals surface area contributed by atoms with E-state index in [2.05, 4.69) is 5.32 Å². The Morgan fingerprint density at radius 2 is 1.93 bits per heavy atom. The van der Waals surface area contributed by atoms with E-state index in [1.165, 1.54) is 0 Å². The summed E-state index contributed by atoms with van der Waals surface area (Å²) in [6, 6.07) is 5.28. The van der Waals surface area contributed by atoms with Crippen LogP contribution in [0, 0.1) is 5.92 Å². The molecule has 1 aliphatic rings. The van der Waals surface area contributed by atoms with Gasteiger partial charge in [-0.2, -0.15) is 0 Å². The van der Waals surface area contributed by atoms with Crippen LogP contribution in [0.5, 0.6) is 11.5 Å². The molecule has 1 heterocycles. The second-order valence-electron chi connectivity index (χ2n) is 6.19. The summed E-state index contributed by atoms with van der Waals surface area (Å²) in [6.07, 6.45) is 0.917. The molecule has 1 saturated heterocycles. The highest BCUT2D eigenvalue weighted by Gasteiger charge is 2.35. The first-order chi connectivity index (χ1) is 13.1. The van der Waals surface area contributed by atoms with E-state index < -0.39 is 0 Å². The van der Waals surface area contributed by atoms with Gasteiger partial charge in [-0.1, -0.05) is 0 Å². The summed E-state index contributed by atoms with van der Waals surface area (Å²) >= 11 is 0. The zero-order valence-electron chi connectivity index (χ0n) is 16.2. The van der Waals surface area contributed by atoms with Crippen LogP contribution in [0.15, 0.2) is 18.2 Å². The van der Waals surface area contributed by atoms with E-state index in [0.29, 0.717) is 50.1 Å². The minimum Gasteiger partial charge on any atom is -0.493 e. The lowest BCUT2D eigenvalue weighted by molar-refractivity contribution is -0.126. The first-order valence-corrected chi connectivity index (χ1v) is 8.97. The Bertz CT molecular complexity index is 637. The van der Waals surface area contributed by atoms with Crippen molar-refractivity contribution in [1.29, 1.82) is 0 Å². The number of ether oxygens (including phenoxy) is 4. The molecular formula is C19H28N2O6. The Labute approximate surface area is 159 Å². The molecule has 0 bridgehead atoms. The summed E-state index contributed by atoms with van der Waals surface area (Å²) in [5.74, 6) is 0.590. The van der Waals surface area contributed by atoms with E-state index in [-0.39, 0.29) is 24.2 Å². The minimum atomic E-state index is -0.361. The fourth-order valence-corrected chi connectivity index (χ4v) is 2.90. The molecule has 0 spiro atoms. The van der Waals surface area contributed by atoms with Crippen LogP contribution in [0.25, 0.3) is 0 Å². The maximum absolute atomic E-state index is 12.4. The second-order valence-corrected chi connectivity index (χ2v) is 6.19. The van der Waals surface area contributed by atoms with Crippen molar-refractivity contribution in [3.05, 3.63) is 18.2 Å². The molecule has 1 aliphatic heterocycles. The first kappa shape index (κ1) is 21.0. The number of nitrogens with one attached hydrogen (secondary N) is 1. The van der Waals surface area contributed by atoms with Gasteiger partial charge in [0.2, 0.25) is 11.8 Å². The smallest absolute Gasteiger partial charge is 0.227 e. The predicted molar refractivity (Wildman–Crippen MR) is 100 cm³/mol. The molecule has 8 heteroatoms. The molecule has 2 amide bonds. The lowest BCUT2D eigenvalue weighted by Gasteiger charge is -2.18. The van der Waals surface area contributed by atoms with Gasteiger partial charge in [-0.25, -0.2) is 0 Å². The molecule has 0 aliphatic carbocycles. The molecule has 0 radical (unpaired) electrons. The molecule has 0 aromatic heterocycles. The second kappa shape index (κ2) is 10.7. The molecule has 8 nitrogen and oxygen atoms in total. The van der Waals surface area contributed by atoms with E-state index in [1.807, 2.05) is 0 Å². The third kappa shape index (κ3) is 5.83. The maximum atomic E-state index is 12.4. The summed E-state index contributed by atoms with van der Waals surface area (Å²) in [7, 11) is 4.72. The molecule has 1 atom stereocenters. The monoisotopic (exact) mass is 380 g/mol. The van der Waals surface area contributed by atoms with E-state index in [9.17, 15) is 9.59 Å². The normalized spacial score (nSPS) is 16.5. The van der Waals surface area contributed by atoms with Crippen molar-refractivity contribution >= 4 is 17.5 Å². The zero-order chi connectivity index (χ0) is 19.6. The zero-order valence-corrected chi connectivity index (χ0v) is 16.2. The number of nitrogens with zero attached hydrogens (tertiary/aromatic N) is 1. The van der Waals surface area contributed by atoms with Crippen molar-refractivity contribution in [2.75, 3.05) is 59.1 Å². The maximum Gasteiger partial charge on any atom is 0.227 e. The third-order valence-corrected chi connectivity index (χ3v) is 4.37. The fourth-order valence-electron chi connectivity index (χ4n) is 2.90. The third-order valence-electron chi connectivity index (χ3n) is 4.37. The molecule has 0 saturated carbocycles. The van der Waals surface area contributed by atoms with Gasteiger partial charge in [0.1, 0.15) is 0 Å². The first-order valence-electron chi connectivity index (χ1n) is 8.97. The van der Waals surface area contributed by atoms with Gasteiger partial charge in [0.15, 0.2) is 11.5 Å². The van der Waals surface area contributed by atoms with Gasteiger partial charge in [0.05, 0.1) is 33.4 Å². The largest absolute Gasteiger partial charge is 0.493 e. The highest BCUT2D eigenvalue weighted by Crippen LogP contribution is 2.34. The van der Waals surface area contributed by atoms with Crippen LogP contribution in [0.3, 0.4) is 0 Å². The lowest BCUT2D eigenvalue weighted by atomic mass is 10.1. The van der Waals surface area contributed by atoms with Crippen LogP contribution in [0.2, 0.25) is 0 Å². The Morgan fingerprint density at radius 1 is 1.15 bits per heavy atom. The van der Waals surface area contributed by atoms with Gasteiger partial charge in [-0.3, -0.25) is 9.59 Å².